The van der Waals surface area contributed by atoms with E-state index in [9.17, 15) is 0 Å². The zero-order valence-corrected chi connectivity index (χ0v) is 12.8. The second-order valence-corrected chi connectivity index (χ2v) is 7.41. The lowest BCUT2D eigenvalue weighted by molar-refractivity contribution is 0.136. The van der Waals surface area contributed by atoms with Crippen LogP contribution in [0.5, 0.6) is 0 Å². The molecule has 0 spiro atoms. The first-order valence-corrected chi connectivity index (χ1v) is 8.37. The van der Waals surface area contributed by atoms with Crippen LogP contribution in [-0.4, -0.2) is 13.1 Å². The normalized spacial score (nSPS) is 34.7. The van der Waals surface area contributed by atoms with Crippen molar-refractivity contribution in [3.8, 4) is 0 Å². The summed E-state index contributed by atoms with van der Waals surface area (Å²) in [5, 5.41) is 3.74. The molecule has 2 aliphatic carbocycles. The standard InChI is InChI=1S/C17H33N/c1-4-10-18-13-17(9-5-6-14(2)3)12-15-7-8-16(17)11-15/h14-16,18H,4-13H2,1-3H3. The van der Waals surface area contributed by atoms with Crippen LogP contribution in [0.2, 0.25) is 0 Å². The monoisotopic (exact) mass is 251 g/mol. The molecule has 2 aliphatic rings. The topological polar surface area (TPSA) is 12.0 Å². The molecule has 0 radical (unpaired) electrons. The highest BCUT2D eigenvalue weighted by Gasteiger charge is 2.49. The van der Waals surface area contributed by atoms with Gasteiger partial charge in [0.1, 0.15) is 0 Å². The average molecular weight is 251 g/mol. The van der Waals surface area contributed by atoms with E-state index in [4.69, 9.17) is 0 Å². The van der Waals surface area contributed by atoms with Crippen LogP contribution in [0.4, 0.5) is 0 Å². The van der Waals surface area contributed by atoms with Crippen LogP contribution in [0.25, 0.3) is 0 Å². The van der Waals surface area contributed by atoms with Gasteiger partial charge in [-0.25, -0.2) is 0 Å². The van der Waals surface area contributed by atoms with Crippen LogP contribution in [-0.2, 0) is 0 Å². The Balaban J connectivity index is 1.86. The summed E-state index contributed by atoms with van der Waals surface area (Å²) in [5.41, 5.74) is 0.687. The Hall–Kier alpha value is -0.0400. The third-order valence-electron chi connectivity index (χ3n) is 5.46. The van der Waals surface area contributed by atoms with Crippen LogP contribution < -0.4 is 5.32 Å². The van der Waals surface area contributed by atoms with Crippen LogP contribution >= 0.6 is 0 Å². The Labute approximate surface area is 114 Å². The minimum Gasteiger partial charge on any atom is -0.316 e. The lowest BCUT2D eigenvalue weighted by Gasteiger charge is -2.38. The first-order valence-electron chi connectivity index (χ1n) is 8.37. The van der Waals surface area contributed by atoms with Gasteiger partial charge < -0.3 is 5.32 Å². The van der Waals surface area contributed by atoms with Crippen LogP contribution in [0.1, 0.15) is 72.1 Å². The highest BCUT2D eigenvalue weighted by Crippen LogP contribution is 2.57. The highest BCUT2D eigenvalue weighted by molar-refractivity contribution is 5.01. The summed E-state index contributed by atoms with van der Waals surface area (Å²) >= 11 is 0. The van der Waals surface area contributed by atoms with Crippen molar-refractivity contribution in [3.63, 3.8) is 0 Å². The molecule has 3 unspecified atom stereocenters. The smallest absolute Gasteiger partial charge is 0.00106 e. The van der Waals surface area contributed by atoms with E-state index in [-0.39, 0.29) is 0 Å². The van der Waals surface area contributed by atoms with E-state index in [0.29, 0.717) is 5.41 Å². The Morgan fingerprint density at radius 2 is 2.11 bits per heavy atom. The molecule has 0 aromatic carbocycles. The molecule has 3 atom stereocenters. The summed E-state index contributed by atoms with van der Waals surface area (Å²) in [5.74, 6) is 3.01. The van der Waals surface area contributed by atoms with Gasteiger partial charge in [-0.1, -0.05) is 40.0 Å². The number of fused-ring (bicyclic) bond motifs is 2. The maximum absolute atomic E-state index is 3.74. The predicted octanol–water partition coefficient (Wildman–Crippen LogP) is 4.62. The third kappa shape index (κ3) is 3.29. The molecule has 1 nitrogen and oxygen atoms in total. The Morgan fingerprint density at radius 1 is 1.28 bits per heavy atom. The third-order valence-corrected chi connectivity index (χ3v) is 5.46. The van der Waals surface area contributed by atoms with Gasteiger partial charge in [0.25, 0.3) is 0 Å². The molecule has 2 saturated carbocycles. The van der Waals surface area contributed by atoms with E-state index in [0.717, 1.165) is 17.8 Å². The molecule has 0 saturated heterocycles. The van der Waals surface area contributed by atoms with Gasteiger partial charge in [0.15, 0.2) is 0 Å². The van der Waals surface area contributed by atoms with Crippen molar-refractivity contribution in [2.75, 3.05) is 13.1 Å². The van der Waals surface area contributed by atoms with Gasteiger partial charge in [0.2, 0.25) is 0 Å². The lowest BCUT2D eigenvalue weighted by Crippen LogP contribution is -2.39. The zero-order chi connectivity index (χ0) is 13.0. The van der Waals surface area contributed by atoms with Crippen LogP contribution in [0.3, 0.4) is 0 Å². The van der Waals surface area contributed by atoms with Gasteiger partial charge in [-0.15, -0.1) is 0 Å². The minimum atomic E-state index is 0.687. The van der Waals surface area contributed by atoms with E-state index in [2.05, 4.69) is 26.1 Å². The lowest BCUT2D eigenvalue weighted by atomic mass is 9.69. The molecule has 2 bridgehead atoms. The molecule has 0 amide bonds. The quantitative estimate of drug-likeness (QED) is 0.621. The van der Waals surface area contributed by atoms with E-state index in [1.807, 2.05) is 0 Å². The molecule has 106 valence electrons. The summed E-state index contributed by atoms with van der Waals surface area (Å²) < 4.78 is 0. The molecule has 0 aromatic rings. The van der Waals surface area contributed by atoms with Gasteiger partial charge in [0.05, 0.1) is 0 Å². The van der Waals surface area contributed by atoms with Crippen molar-refractivity contribution in [1.29, 1.82) is 0 Å². The Morgan fingerprint density at radius 3 is 2.67 bits per heavy atom. The fourth-order valence-electron chi connectivity index (χ4n) is 4.55. The van der Waals surface area contributed by atoms with Crippen LogP contribution in [0, 0.1) is 23.2 Å². The van der Waals surface area contributed by atoms with E-state index in [1.54, 1.807) is 6.42 Å². The molecular formula is C17H33N. The zero-order valence-electron chi connectivity index (χ0n) is 12.8. The Kier molecular flexibility index (Phi) is 5.12. The summed E-state index contributed by atoms with van der Waals surface area (Å²) in [6.45, 7) is 9.52. The van der Waals surface area contributed by atoms with Crippen molar-refractivity contribution in [1.82, 2.24) is 5.32 Å². The molecule has 0 aliphatic heterocycles. The van der Waals surface area contributed by atoms with Gasteiger partial charge >= 0.3 is 0 Å². The first kappa shape index (κ1) is 14.4. The number of nitrogens with one attached hydrogen (secondary N) is 1. The summed E-state index contributed by atoms with van der Waals surface area (Å²) in [6, 6.07) is 0. The van der Waals surface area contributed by atoms with Crippen molar-refractivity contribution >= 4 is 0 Å². The highest BCUT2D eigenvalue weighted by atomic mass is 14.9. The number of rotatable bonds is 8. The van der Waals surface area contributed by atoms with Crippen molar-refractivity contribution < 1.29 is 0 Å². The maximum atomic E-state index is 3.74. The molecule has 2 rings (SSSR count). The molecular weight excluding hydrogens is 218 g/mol. The Bertz CT molecular complexity index is 248. The van der Waals surface area contributed by atoms with E-state index < -0.39 is 0 Å². The maximum Gasteiger partial charge on any atom is 0.00106 e. The molecule has 0 heterocycles. The largest absolute Gasteiger partial charge is 0.316 e. The van der Waals surface area contributed by atoms with E-state index >= 15 is 0 Å². The second kappa shape index (κ2) is 6.41. The number of hydrogen-bond acceptors (Lipinski definition) is 1. The fourth-order valence-corrected chi connectivity index (χ4v) is 4.55. The molecule has 0 aromatic heterocycles. The SMILES string of the molecule is CCCNCC1(CCCC(C)C)CC2CCC1C2. The minimum absolute atomic E-state index is 0.687. The first-order chi connectivity index (χ1) is 8.66. The second-order valence-electron chi connectivity index (χ2n) is 7.41. The van der Waals surface area contributed by atoms with Gasteiger partial charge in [-0.05, 0) is 61.8 Å². The van der Waals surface area contributed by atoms with Crippen molar-refractivity contribution in [3.05, 3.63) is 0 Å². The predicted molar refractivity (Wildman–Crippen MR) is 79.7 cm³/mol. The number of hydrogen-bond donors (Lipinski definition) is 1. The summed E-state index contributed by atoms with van der Waals surface area (Å²) in [6.07, 6.45) is 11.8. The molecule has 1 N–H and O–H groups in total. The molecule has 2 fully saturated rings. The average Bonchev–Trinajstić information content (AvgIpc) is 2.89. The van der Waals surface area contributed by atoms with Gasteiger partial charge in [-0.2, -0.15) is 0 Å². The van der Waals surface area contributed by atoms with E-state index in [1.165, 1.54) is 58.0 Å². The van der Waals surface area contributed by atoms with Crippen molar-refractivity contribution in [2.45, 2.75) is 72.1 Å². The molecule has 18 heavy (non-hydrogen) atoms. The summed E-state index contributed by atoms with van der Waals surface area (Å²) in [4.78, 5) is 0. The van der Waals surface area contributed by atoms with Crippen molar-refractivity contribution in [2.24, 2.45) is 23.2 Å². The molecule has 1 heteroatoms. The van der Waals surface area contributed by atoms with Gasteiger partial charge in [0, 0.05) is 6.54 Å². The summed E-state index contributed by atoms with van der Waals surface area (Å²) in [7, 11) is 0. The van der Waals surface area contributed by atoms with Gasteiger partial charge in [-0.3, -0.25) is 0 Å². The van der Waals surface area contributed by atoms with Crippen LogP contribution in [0.15, 0.2) is 0 Å². The fraction of sp³-hybridized carbons (Fsp3) is 1.00.